The second-order valence-corrected chi connectivity index (χ2v) is 19.0. The predicted octanol–water partition coefficient (Wildman–Crippen LogP) is 9.67. The van der Waals surface area contributed by atoms with E-state index in [2.05, 4.69) is 66.7 Å². The molecule has 0 aromatic carbocycles. The van der Waals surface area contributed by atoms with Gasteiger partial charge in [-0.3, -0.25) is 0 Å². The first-order chi connectivity index (χ1) is 13.6. The first-order valence-corrected chi connectivity index (χ1v) is 15.5. The van der Waals surface area contributed by atoms with Crippen LogP contribution in [0.15, 0.2) is 23.5 Å². The molecule has 3 aliphatic carbocycles. The monoisotopic (exact) mass is 434 g/mol. The fourth-order valence-corrected chi connectivity index (χ4v) is 16.3. The van der Waals surface area contributed by atoms with Gasteiger partial charge in [-0.15, -0.1) is 0 Å². The fourth-order valence-electron chi connectivity index (χ4n) is 6.98. The Morgan fingerprint density at radius 1 is 0.759 bits per heavy atom. The summed E-state index contributed by atoms with van der Waals surface area (Å²) in [6.07, 6.45) is 22.7. The van der Waals surface area contributed by atoms with Crippen molar-refractivity contribution in [3.05, 3.63) is 23.5 Å². The van der Waals surface area contributed by atoms with E-state index >= 15 is 0 Å². The third-order valence-electron chi connectivity index (χ3n) is 7.53. The van der Waals surface area contributed by atoms with E-state index in [1.807, 2.05) is 5.31 Å². The zero-order valence-electron chi connectivity index (χ0n) is 20.5. The average molecular weight is 435 g/mol. The Hall–Kier alpha value is 0.340. The quantitative estimate of drug-likeness (QED) is 0.378. The maximum absolute atomic E-state index is 2.62. The third-order valence-corrected chi connectivity index (χ3v) is 15.2. The second-order valence-electron chi connectivity index (χ2n) is 11.9. The van der Waals surface area contributed by atoms with Crippen LogP contribution in [0.1, 0.15) is 113 Å². The van der Waals surface area contributed by atoms with Gasteiger partial charge >= 0.3 is 0 Å². The lowest BCUT2D eigenvalue weighted by Gasteiger charge is -2.49. The Morgan fingerprint density at radius 3 is 1.62 bits per heavy atom. The first-order valence-electron chi connectivity index (χ1n) is 12.6. The second kappa shape index (κ2) is 9.86. The van der Waals surface area contributed by atoms with E-state index in [1.165, 1.54) is 64.2 Å². The Labute approximate surface area is 185 Å². The first kappa shape index (κ1) is 24.0. The SMILES string of the molecule is C[C@@H](C1C=CC=C1P(C1CCCCC1)C1CCCCC1)P(C(C)(C)C)C(C)(C)C. The average Bonchev–Trinajstić information content (AvgIpc) is 3.11. The molecule has 0 radical (unpaired) electrons. The summed E-state index contributed by atoms with van der Waals surface area (Å²) in [6, 6.07) is 0. The van der Waals surface area contributed by atoms with E-state index in [0.29, 0.717) is 10.3 Å². The van der Waals surface area contributed by atoms with Crippen molar-refractivity contribution < 1.29 is 0 Å². The number of allylic oxidation sites excluding steroid dienone is 4. The summed E-state index contributed by atoms with van der Waals surface area (Å²) in [4.78, 5) is 0. The maximum Gasteiger partial charge on any atom is 0.00910 e. The van der Waals surface area contributed by atoms with Crippen LogP contribution in [0.2, 0.25) is 0 Å². The highest BCUT2D eigenvalue weighted by atomic mass is 31.1. The van der Waals surface area contributed by atoms with Crippen LogP contribution in [-0.2, 0) is 0 Å². The molecule has 29 heavy (non-hydrogen) atoms. The molecule has 2 atom stereocenters. The molecule has 0 aromatic heterocycles. The van der Waals surface area contributed by atoms with Gasteiger partial charge in [0.05, 0.1) is 0 Å². The molecule has 2 fully saturated rings. The Morgan fingerprint density at radius 2 is 1.21 bits per heavy atom. The van der Waals surface area contributed by atoms with Crippen LogP contribution in [0.25, 0.3) is 0 Å². The summed E-state index contributed by atoms with van der Waals surface area (Å²) in [5.41, 5.74) is 2.84. The van der Waals surface area contributed by atoms with Crippen molar-refractivity contribution in [1.82, 2.24) is 0 Å². The van der Waals surface area contributed by atoms with Gasteiger partial charge in [0.15, 0.2) is 0 Å². The molecular weight excluding hydrogens is 386 g/mol. The lowest BCUT2D eigenvalue weighted by Crippen LogP contribution is -2.34. The van der Waals surface area contributed by atoms with Crippen molar-refractivity contribution in [2.45, 2.75) is 140 Å². The van der Waals surface area contributed by atoms with Gasteiger partial charge in [0.1, 0.15) is 0 Å². The molecule has 166 valence electrons. The fraction of sp³-hybridized carbons (Fsp3) is 0.852. The molecule has 1 unspecified atom stereocenters. The lowest BCUT2D eigenvalue weighted by molar-refractivity contribution is 0.484. The highest BCUT2D eigenvalue weighted by molar-refractivity contribution is 7.64. The topological polar surface area (TPSA) is 0 Å². The van der Waals surface area contributed by atoms with Gasteiger partial charge in [-0.25, -0.2) is 0 Å². The normalized spacial score (nSPS) is 26.4. The lowest BCUT2D eigenvalue weighted by atomic mass is 9.99. The van der Waals surface area contributed by atoms with Gasteiger partial charge in [0, 0.05) is 5.92 Å². The molecule has 0 N–H and O–H groups in total. The smallest absolute Gasteiger partial charge is 0.00910 e. The minimum atomic E-state index is -0.0830. The molecule has 0 amide bonds. The van der Waals surface area contributed by atoms with Crippen LogP contribution < -0.4 is 0 Å². The standard InChI is InChI=1S/C27H48P2/c1-21(29(26(2,3)4)27(5,6)7)24-19-14-20-25(24)28(22-15-10-8-11-16-22)23-17-12-9-13-18-23/h14,19-24H,8-13,15-18H2,1-7H3/t21-,24?/m0/s1. The summed E-state index contributed by atoms with van der Waals surface area (Å²) < 4.78 is 0. The molecule has 3 rings (SSSR count). The van der Waals surface area contributed by atoms with Crippen molar-refractivity contribution in [2.75, 3.05) is 0 Å². The maximum atomic E-state index is 2.62. The Balaban J connectivity index is 1.89. The van der Waals surface area contributed by atoms with Crippen LogP contribution in [0.3, 0.4) is 0 Å². The van der Waals surface area contributed by atoms with Crippen LogP contribution >= 0.6 is 15.8 Å². The minimum Gasteiger partial charge on any atom is -0.0918 e. The van der Waals surface area contributed by atoms with Crippen molar-refractivity contribution in [3.63, 3.8) is 0 Å². The van der Waals surface area contributed by atoms with Crippen molar-refractivity contribution in [1.29, 1.82) is 0 Å². The Bertz CT molecular complexity index is 545. The molecule has 2 saturated carbocycles. The highest BCUT2D eigenvalue weighted by Crippen LogP contribution is 2.69. The van der Waals surface area contributed by atoms with Gasteiger partial charge in [-0.05, 0) is 58.3 Å². The zero-order chi connectivity index (χ0) is 21.2. The van der Waals surface area contributed by atoms with Crippen molar-refractivity contribution in [2.24, 2.45) is 5.92 Å². The van der Waals surface area contributed by atoms with Crippen LogP contribution in [-0.4, -0.2) is 27.3 Å². The number of hydrogen-bond donors (Lipinski definition) is 0. The summed E-state index contributed by atoms with van der Waals surface area (Å²) in [5.74, 6) is 0.717. The van der Waals surface area contributed by atoms with Crippen molar-refractivity contribution in [3.8, 4) is 0 Å². The van der Waals surface area contributed by atoms with E-state index < -0.39 is 0 Å². The molecule has 0 heterocycles. The molecule has 2 heteroatoms. The predicted molar refractivity (Wildman–Crippen MR) is 137 cm³/mol. The Kier molecular flexibility index (Phi) is 8.16. The molecule has 0 aliphatic heterocycles. The third kappa shape index (κ3) is 5.78. The number of hydrogen-bond acceptors (Lipinski definition) is 0. The molecule has 3 aliphatic rings. The van der Waals surface area contributed by atoms with Crippen LogP contribution in [0.5, 0.6) is 0 Å². The summed E-state index contributed by atoms with van der Waals surface area (Å²) in [6.45, 7) is 17.7. The molecule has 0 aromatic rings. The van der Waals surface area contributed by atoms with Crippen LogP contribution in [0, 0.1) is 5.92 Å². The van der Waals surface area contributed by atoms with Crippen LogP contribution in [0.4, 0.5) is 0 Å². The number of rotatable bonds is 5. The van der Waals surface area contributed by atoms with Gasteiger partial charge in [0.25, 0.3) is 0 Å². The van der Waals surface area contributed by atoms with E-state index in [4.69, 9.17) is 0 Å². The van der Waals surface area contributed by atoms with E-state index in [0.717, 1.165) is 22.9 Å². The van der Waals surface area contributed by atoms with Gasteiger partial charge in [0.2, 0.25) is 0 Å². The summed E-state index contributed by atoms with van der Waals surface area (Å²) in [7, 11) is -0.0403. The molecular formula is C27H48P2. The zero-order valence-corrected chi connectivity index (χ0v) is 22.3. The van der Waals surface area contributed by atoms with E-state index in [-0.39, 0.29) is 15.8 Å². The summed E-state index contributed by atoms with van der Waals surface area (Å²) in [5, 5.41) is 2.74. The van der Waals surface area contributed by atoms with E-state index in [1.54, 1.807) is 0 Å². The highest BCUT2D eigenvalue weighted by Gasteiger charge is 2.44. The van der Waals surface area contributed by atoms with E-state index in [9.17, 15) is 0 Å². The van der Waals surface area contributed by atoms with Gasteiger partial charge < -0.3 is 0 Å². The van der Waals surface area contributed by atoms with Gasteiger partial charge in [-0.1, -0.05) is 121 Å². The molecule has 0 nitrogen and oxygen atoms in total. The largest absolute Gasteiger partial charge is 0.0918 e. The molecule has 0 spiro atoms. The minimum absolute atomic E-state index is 0.0426. The molecule has 0 bridgehead atoms. The van der Waals surface area contributed by atoms with Crippen molar-refractivity contribution >= 4 is 15.8 Å². The molecule has 0 saturated heterocycles. The summed E-state index contributed by atoms with van der Waals surface area (Å²) >= 11 is 0. The van der Waals surface area contributed by atoms with Gasteiger partial charge in [-0.2, -0.15) is 0 Å².